The number of benzene rings is 2. The zero-order valence-electron chi connectivity index (χ0n) is 11.3. The highest BCUT2D eigenvalue weighted by molar-refractivity contribution is 7.95. The van der Waals surface area contributed by atoms with Crippen LogP contribution in [0.25, 0.3) is 6.08 Å². The van der Waals surface area contributed by atoms with E-state index in [9.17, 15) is 12.8 Å². The standard InChI is InChI=1S/C16H13FO3S/c1-11-6-7-16-12(8-11)9-13(21(16,18)19)10-20-15-5-3-2-4-14(15)17/h2-9H,10H2,1H3. The Morgan fingerprint density at radius 1 is 1.14 bits per heavy atom. The Labute approximate surface area is 122 Å². The van der Waals surface area contributed by atoms with Crippen molar-refractivity contribution in [2.24, 2.45) is 0 Å². The van der Waals surface area contributed by atoms with Gasteiger partial charge in [-0.25, -0.2) is 12.8 Å². The van der Waals surface area contributed by atoms with Crippen molar-refractivity contribution in [3.05, 3.63) is 64.3 Å². The second-order valence-electron chi connectivity index (χ2n) is 4.87. The number of fused-ring (bicyclic) bond motifs is 1. The highest BCUT2D eigenvalue weighted by Crippen LogP contribution is 2.33. The van der Waals surface area contributed by atoms with Crippen molar-refractivity contribution < 1.29 is 17.5 Å². The molecule has 108 valence electrons. The van der Waals surface area contributed by atoms with Crippen LogP contribution < -0.4 is 4.74 Å². The van der Waals surface area contributed by atoms with Crippen LogP contribution in [0.1, 0.15) is 11.1 Å². The molecule has 0 aliphatic carbocycles. The van der Waals surface area contributed by atoms with Crippen molar-refractivity contribution in [2.45, 2.75) is 11.8 Å². The molecule has 0 radical (unpaired) electrons. The monoisotopic (exact) mass is 304 g/mol. The number of para-hydroxylation sites is 1. The van der Waals surface area contributed by atoms with Gasteiger partial charge in [0.25, 0.3) is 0 Å². The first-order valence-electron chi connectivity index (χ1n) is 6.42. The van der Waals surface area contributed by atoms with Crippen LogP contribution in [0.2, 0.25) is 0 Å². The van der Waals surface area contributed by atoms with Gasteiger partial charge in [0.2, 0.25) is 9.84 Å². The molecule has 0 fully saturated rings. The minimum Gasteiger partial charge on any atom is -0.485 e. The predicted molar refractivity (Wildman–Crippen MR) is 78.2 cm³/mol. The molecule has 0 spiro atoms. The molecule has 0 atom stereocenters. The number of sulfone groups is 1. The van der Waals surface area contributed by atoms with Crippen molar-refractivity contribution in [1.29, 1.82) is 0 Å². The predicted octanol–water partition coefficient (Wildman–Crippen LogP) is 3.34. The third kappa shape index (κ3) is 2.45. The quantitative estimate of drug-likeness (QED) is 0.873. The van der Waals surface area contributed by atoms with E-state index in [-0.39, 0.29) is 22.2 Å². The Bertz CT molecular complexity index is 838. The molecule has 3 rings (SSSR count). The van der Waals surface area contributed by atoms with Crippen molar-refractivity contribution >= 4 is 15.9 Å². The summed E-state index contributed by atoms with van der Waals surface area (Å²) in [7, 11) is -3.53. The molecule has 21 heavy (non-hydrogen) atoms. The first kappa shape index (κ1) is 13.8. The molecule has 0 saturated heterocycles. The van der Waals surface area contributed by atoms with Crippen LogP contribution in [0, 0.1) is 12.7 Å². The number of ether oxygens (including phenoxy) is 1. The Kier molecular flexibility index (Phi) is 3.29. The van der Waals surface area contributed by atoms with Gasteiger partial charge in [-0.15, -0.1) is 0 Å². The molecule has 0 saturated carbocycles. The lowest BCUT2D eigenvalue weighted by Gasteiger charge is -2.08. The first-order chi connectivity index (χ1) is 9.98. The molecule has 1 heterocycles. The first-order valence-corrected chi connectivity index (χ1v) is 7.90. The number of hydrogen-bond acceptors (Lipinski definition) is 3. The molecular weight excluding hydrogens is 291 g/mol. The van der Waals surface area contributed by atoms with E-state index in [1.54, 1.807) is 30.3 Å². The molecule has 1 aliphatic rings. The number of rotatable bonds is 3. The summed E-state index contributed by atoms with van der Waals surface area (Å²) < 4.78 is 43.5. The third-order valence-electron chi connectivity index (χ3n) is 3.32. The lowest BCUT2D eigenvalue weighted by Crippen LogP contribution is -2.09. The summed E-state index contributed by atoms with van der Waals surface area (Å²) in [5.74, 6) is -0.470. The second kappa shape index (κ2) is 5.00. The van der Waals surface area contributed by atoms with E-state index in [0.29, 0.717) is 5.56 Å². The average Bonchev–Trinajstić information content (AvgIpc) is 2.68. The van der Waals surface area contributed by atoms with Crippen LogP contribution in [0.3, 0.4) is 0 Å². The van der Waals surface area contributed by atoms with Crippen molar-refractivity contribution in [2.75, 3.05) is 6.61 Å². The maximum Gasteiger partial charge on any atom is 0.206 e. The van der Waals surface area contributed by atoms with E-state index in [4.69, 9.17) is 4.74 Å². The summed E-state index contributed by atoms with van der Waals surface area (Å²) >= 11 is 0. The maximum atomic E-state index is 13.5. The minimum atomic E-state index is -3.53. The Hall–Kier alpha value is -2.14. The normalized spacial score (nSPS) is 15.4. The molecular formula is C16H13FO3S. The van der Waals surface area contributed by atoms with Gasteiger partial charge in [0, 0.05) is 0 Å². The highest BCUT2D eigenvalue weighted by Gasteiger charge is 2.29. The van der Waals surface area contributed by atoms with E-state index >= 15 is 0 Å². The number of aryl methyl sites for hydroxylation is 1. The maximum absolute atomic E-state index is 13.5. The fourth-order valence-corrected chi connectivity index (χ4v) is 3.70. The zero-order valence-corrected chi connectivity index (χ0v) is 12.2. The average molecular weight is 304 g/mol. The Morgan fingerprint density at radius 2 is 1.90 bits per heavy atom. The van der Waals surface area contributed by atoms with Crippen LogP contribution >= 0.6 is 0 Å². The van der Waals surface area contributed by atoms with E-state index < -0.39 is 15.7 Å². The highest BCUT2D eigenvalue weighted by atomic mass is 32.2. The van der Waals surface area contributed by atoms with Crippen LogP contribution in [-0.2, 0) is 9.84 Å². The molecule has 2 aromatic carbocycles. The molecule has 1 aliphatic heterocycles. The van der Waals surface area contributed by atoms with Crippen molar-refractivity contribution in [1.82, 2.24) is 0 Å². The van der Waals surface area contributed by atoms with Gasteiger partial charge >= 0.3 is 0 Å². The lowest BCUT2D eigenvalue weighted by atomic mass is 10.1. The van der Waals surface area contributed by atoms with E-state index in [2.05, 4.69) is 0 Å². The van der Waals surface area contributed by atoms with Crippen LogP contribution in [-0.4, -0.2) is 15.0 Å². The van der Waals surface area contributed by atoms with Gasteiger partial charge in [0.15, 0.2) is 11.6 Å². The van der Waals surface area contributed by atoms with Gasteiger partial charge in [-0.1, -0.05) is 29.8 Å². The van der Waals surface area contributed by atoms with Crippen molar-refractivity contribution in [3.8, 4) is 5.75 Å². The molecule has 3 nitrogen and oxygen atoms in total. The topological polar surface area (TPSA) is 43.4 Å². The van der Waals surface area contributed by atoms with Gasteiger partial charge in [0.1, 0.15) is 6.61 Å². The molecule has 2 aromatic rings. The summed E-state index contributed by atoms with van der Waals surface area (Å²) in [5.41, 5.74) is 1.64. The molecule has 0 amide bonds. The molecule has 0 N–H and O–H groups in total. The zero-order chi connectivity index (χ0) is 15.0. The van der Waals surface area contributed by atoms with Crippen LogP contribution in [0.15, 0.2) is 52.3 Å². The minimum absolute atomic E-state index is 0.0423. The second-order valence-corrected chi connectivity index (χ2v) is 6.85. The molecule has 0 aromatic heterocycles. The number of halogens is 1. The Balaban J connectivity index is 1.88. The summed E-state index contributed by atoms with van der Waals surface area (Å²) in [6.45, 7) is 1.71. The summed E-state index contributed by atoms with van der Waals surface area (Å²) in [4.78, 5) is 0.423. The molecule has 0 bridgehead atoms. The molecule has 5 heteroatoms. The van der Waals surface area contributed by atoms with E-state index in [0.717, 1.165) is 5.56 Å². The number of hydrogen-bond donors (Lipinski definition) is 0. The van der Waals surface area contributed by atoms with Crippen LogP contribution in [0.5, 0.6) is 5.75 Å². The summed E-state index contributed by atoms with van der Waals surface area (Å²) in [6, 6.07) is 11.1. The van der Waals surface area contributed by atoms with Gasteiger partial charge < -0.3 is 4.74 Å². The largest absolute Gasteiger partial charge is 0.485 e. The van der Waals surface area contributed by atoms with E-state index in [1.165, 1.54) is 12.1 Å². The SMILES string of the molecule is Cc1ccc2c(c1)C=C(COc1ccccc1F)S2(=O)=O. The Morgan fingerprint density at radius 3 is 2.67 bits per heavy atom. The fourth-order valence-electron chi connectivity index (χ4n) is 2.25. The van der Waals surface area contributed by atoms with Gasteiger partial charge in [-0.2, -0.15) is 0 Å². The molecule has 0 unspecified atom stereocenters. The van der Waals surface area contributed by atoms with Gasteiger partial charge in [-0.3, -0.25) is 0 Å². The third-order valence-corrected chi connectivity index (χ3v) is 5.20. The smallest absolute Gasteiger partial charge is 0.206 e. The van der Waals surface area contributed by atoms with Gasteiger partial charge in [0.05, 0.1) is 9.80 Å². The summed E-state index contributed by atoms with van der Waals surface area (Å²) in [5, 5.41) is 0. The van der Waals surface area contributed by atoms with Crippen molar-refractivity contribution in [3.63, 3.8) is 0 Å². The van der Waals surface area contributed by atoms with Gasteiger partial charge in [-0.05, 0) is 36.8 Å². The lowest BCUT2D eigenvalue weighted by molar-refractivity contribution is 0.338. The fraction of sp³-hybridized carbons (Fsp3) is 0.125. The summed E-state index contributed by atoms with van der Waals surface area (Å²) in [6.07, 6.45) is 1.58. The van der Waals surface area contributed by atoms with E-state index in [1.807, 2.05) is 13.0 Å². The van der Waals surface area contributed by atoms with Crippen LogP contribution in [0.4, 0.5) is 4.39 Å².